The number of ether oxygens (including phenoxy) is 1. The molecule has 0 bridgehead atoms. The third-order valence-electron chi connectivity index (χ3n) is 5.32. The molecule has 26 heavy (non-hydrogen) atoms. The van der Waals surface area contributed by atoms with Crippen molar-refractivity contribution < 1.29 is 19.5 Å². The molecule has 4 rings (SSSR count). The van der Waals surface area contributed by atoms with E-state index in [0.29, 0.717) is 29.2 Å². The number of rotatable bonds is 4. The normalized spacial score (nSPS) is 18.3. The first-order valence-corrected chi connectivity index (χ1v) is 9.35. The molecular formula is C22H23NO3. The van der Waals surface area contributed by atoms with Crippen LogP contribution in [0.3, 0.4) is 0 Å². The summed E-state index contributed by atoms with van der Waals surface area (Å²) in [5.41, 5.74) is 3.32. The Balaban J connectivity index is 1.64. The third-order valence-corrected chi connectivity index (χ3v) is 5.32. The smallest absolute Gasteiger partial charge is 0.231 e. The molecule has 2 heterocycles. The zero-order chi connectivity index (χ0) is 18.1. The summed E-state index contributed by atoms with van der Waals surface area (Å²) in [6, 6.07) is 11.2. The summed E-state index contributed by atoms with van der Waals surface area (Å²) >= 11 is 0. The summed E-state index contributed by atoms with van der Waals surface area (Å²) in [6.07, 6.45) is 5.12. The van der Waals surface area contributed by atoms with Gasteiger partial charge in [0.2, 0.25) is 5.78 Å². The second-order valence-corrected chi connectivity index (χ2v) is 7.09. The van der Waals surface area contributed by atoms with Gasteiger partial charge >= 0.3 is 0 Å². The van der Waals surface area contributed by atoms with E-state index in [-0.39, 0.29) is 11.5 Å². The van der Waals surface area contributed by atoms with Crippen LogP contribution in [0.25, 0.3) is 6.08 Å². The SMILES string of the molecule is CCc1ccc(C=C2Oc3c(ccc([O-])c3C[NH+]3CCCC3)C2=O)cc1. The number of nitrogens with one attached hydrogen (secondary N) is 1. The maximum absolute atomic E-state index is 12.7. The van der Waals surface area contributed by atoms with Gasteiger partial charge in [-0.05, 0) is 29.7 Å². The molecule has 0 saturated carbocycles. The van der Waals surface area contributed by atoms with Crippen molar-refractivity contribution in [2.45, 2.75) is 32.7 Å². The average molecular weight is 349 g/mol. The van der Waals surface area contributed by atoms with Gasteiger partial charge in [0.15, 0.2) is 5.76 Å². The van der Waals surface area contributed by atoms with E-state index in [1.165, 1.54) is 29.4 Å². The van der Waals surface area contributed by atoms with Crippen molar-refractivity contribution in [2.75, 3.05) is 13.1 Å². The minimum Gasteiger partial charge on any atom is -0.872 e. The fourth-order valence-corrected chi connectivity index (χ4v) is 3.76. The van der Waals surface area contributed by atoms with Crippen LogP contribution in [0.4, 0.5) is 0 Å². The van der Waals surface area contributed by atoms with Crippen LogP contribution >= 0.6 is 0 Å². The molecule has 1 saturated heterocycles. The summed E-state index contributed by atoms with van der Waals surface area (Å²) in [5, 5.41) is 12.4. The fourth-order valence-electron chi connectivity index (χ4n) is 3.76. The number of likely N-dealkylation sites (tertiary alicyclic amines) is 1. The molecule has 2 aromatic carbocycles. The van der Waals surface area contributed by atoms with E-state index in [2.05, 4.69) is 19.1 Å². The zero-order valence-electron chi connectivity index (χ0n) is 15.0. The highest BCUT2D eigenvalue weighted by Crippen LogP contribution is 2.38. The molecule has 4 heteroatoms. The zero-order valence-corrected chi connectivity index (χ0v) is 15.0. The molecule has 2 aromatic rings. The summed E-state index contributed by atoms with van der Waals surface area (Å²) in [4.78, 5) is 14.1. The summed E-state index contributed by atoms with van der Waals surface area (Å²) in [7, 11) is 0. The van der Waals surface area contributed by atoms with E-state index in [1.54, 1.807) is 12.1 Å². The van der Waals surface area contributed by atoms with Gasteiger partial charge in [-0.1, -0.05) is 43.0 Å². The summed E-state index contributed by atoms with van der Waals surface area (Å²) in [5.74, 6) is 0.590. The Bertz CT molecular complexity index is 862. The Labute approximate surface area is 153 Å². The number of allylic oxidation sites excluding steroid dienone is 1. The Morgan fingerprint density at radius 1 is 1.12 bits per heavy atom. The van der Waals surface area contributed by atoms with Gasteiger partial charge in [0.05, 0.1) is 18.7 Å². The Morgan fingerprint density at radius 2 is 1.85 bits per heavy atom. The molecule has 2 aliphatic rings. The highest BCUT2D eigenvalue weighted by Gasteiger charge is 2.31. The van der Waals surface area contributed by atoms with Crippen LogP contribution in [0.5, 0.6) is 11.5 Å². The van der Waals surface area contributed by atoms with Crippen molar-refractivity contribution in [1.82, 2.24) is 0 Å². The van der Waals surface area contributed by atoms with Gasteiger partial charge in [0, 0.05) is 18.4 Å². The third kappa shape index (κ3) is 3.13. The van der Waals surface area contributed by atoms with Crippen LogP contribution in [0.15, 0.2) is 42.2 Å². The lowest BCUT2D eigenvalue weighted by atomic mass is 10.0. The van der Waals surface area contributed by atoms with E-state index < -0.39 is 0 Å². The molecule has 0 spiro atoms. The number of carbonyl (C=O) groups is 1. The van der Waals surface area contributed by atoms with Crippen molar-refractivity contribution >= 4 is 11.9 Å². The maximum Gasteiger partial charge on any atom is 0.231 e. The number of hydrogen-bond donors (Lipinski definition) is 1. The average Bonchev–Trinajstić information content (AvgIpc) is 3.27. The number of aryl methyl sites for hydroxylation is 1. The van der Waals surface area contributed by atoms with E-state index in [9.17, 15) is 9.90 Å². The number of fused-ring (bicyclic) bond motifs is 1. The van der Waals surface area contributed by atoms with Crippen LogP contribution in [-0.2, 0) is 13.0 Å². The molecule has 1 fully saturated rings. The van der Waals surface area contributed by atoms with Gasteiger partial charge in [-0.25, -0.2) is 0 Å². The van der Waals surface area contributed by atoms with Crippen LogP contribution < -0.4 is 14.7 Å². The molecule has 4 nitrogen and oxygen atoms in total. The first-order chi connectivity index (χ1) is 12.7. The van der Waals surface area contributed by atoms with Crippen molar-refractivity contribution in [2.24, 2.45) is 0 Å². The first-order valence-electron chi connectivity index (χ1n) is 9.35. The highest BCUT2D eigenvalue weighted by molar-refractivity contribution is 6.14. The Kier molecular flexibility index (Phi) is 4.51. The van der Waals surface area contributed by atoms with Crippen LogP contribution in [0.1, 0.15) is 46.8 Å². The predicted octanol–water partition coefficient (Wildman–Crippen LogP) is 2.12. The van der Waals surface area contributed by atoms with Crippen molar-refractivity contribution in [3.05, 3.63) is 64.4 Å². The van der Waals surface area contributed by atoms with Crippen LogP contribution in [0, 0.1) is 0 Å². The summed E-state index contributed by atoms with van der Waals surface area (Å²) in [6.45, 7) is 4.89. The lowest BCUT2D eigenvalue weighted by molar-refractivity contribution is -0.901. The van der Waals surface area contributed by atoms with E-state index >= 15 is 0 Å². The van der Waals surface area contributed by atoms with Crippen molar-refractivity contribution in [1.29, 1.82) is 0 Å². The van der Waals surface area contributed by atoms with Gasteiger partial charge in [-0.15, -0.1) is 0 Å². The van der Waals surface area contributed by atoms with Crippen LogP contribution in [0.2, 0.25) is 0 Å². The Hall–Kier alpha value is -2.59. The Morgan fingerprint density at radius 3 is 2.54 bits per heavy atom. The molecule has 0 radical (unpaired) electrons. The molecule has 0 atom stereocenters. The standard InChI is InChI=1S/C22H23NO3/c1-2-15-5-7-16(8-6-15)13-20-21(25)17-9-10-19(24)18(22(17)26-20)14-23-11-3-4-12-23/h5-10,13,24H,2-4,11-12,14H2,1H3. The molecule has 1 N–H and O–H groups in total. The second kappa shape index (κ2) is 6.96. The van der Waals surface area contributed by atoms with Gasteiger partial charge in [-0.3, -0.25) is 4.79 Å². The lowest BCUT2D eigenvalue weighted by Crippen LogP contribution is -3.08. The van der Waals surface area contributed by atoms with Crippen LogP contribution in [-0.4, -0.2) is 18.9 Å². The number of hydrogen-bond acceptors (Lipinski definition) is 3. The first kappa shape index (κ1) is 16.9. The van der Waals surface area contributed by atoms with Crippen molar-refractivity contribution in [3.8, 4) is 11.5 Å². The molecule has 134 valence electrons. The lowest BCUT2D eigenvalue weighted by Gasteiger charge is -2.19. The van der Waals surface area contributed by atoms with Gasteiger partial charge in [0.25, 0.3) is 0 Å². The number of ketones is 1. The van der Waals surface area contributed by atoms with Gasteiger partial charge in [0.1, 0.15) is 12.3 Å². The molecule has 0 amide bonds. The minimum absolute atomic E-state index is 0.0375. The molecule has 0 aromatic heterocycles. The monoisotopic (exact) mass is 349 g/mol. The van der Waals surface area contributed by atoms with Crippen molar-refractivity contribution in [3.63, 3.8) is 0 Å². The molecular weight excluding hydrogens is 326 g/mol. The van der Waals surface area contributed by atoms with E-state index in [0.717, 1.165) is 25.1 Å². The van der Waals surface area contributed by atoms with Gasteiger partial charge in [-0.2, -0.15) is 0 Å². The van der Waals surface area contributed by atoms with E-state index in [1.807, 2.05) is 12.1 Å². The minimum atomic E-state index is -0.141. The van der Waals surface area contributed by atoms with E-state index in [4.69, 9.17) is 4.74 Å². The molecule has 0 aliphatic carbocycles. The van der Waals surface area contributed by atoms with Gasteiger partial charge < -0.3 is 14.7 Å². The second-order valence-electron chi connectivity index (χ2n) is 7.09. The highest BCUT2D eigenvalue weighted by atomic mass is 16.5. The number of Topliss-reactive ketones (excluding diaryl/α,β-unsaturated/α-hetero) is 1. The largest absolute Gasteiger partial charge is 0.872 e. The molecule has 0 unspecified atom stereocenters. The molecule has 2 aliphatic heterocycles. The topological polar surface area (TPSA) is 53.8 Å². The maximum atomic E-state index is 12.7. The number of carbonyl (C=O) groups excluding carboxylic acids is 1. The summed E-state index contributed by atoms with van der Waals surface area (Å²) < 4.78 is 5.90. The number of benzene rings is 2. The fraction of sp³-hybridized carbons (Fsp3) is 0.318. The predicted molar refractivity (Wildman–Crippen MR) is 98.3 cm³/mol. The quantitative estimate of drug-likeness (QED) is 0.861. The number of quaternary nitrogens is 1.